The monoisotopic (exact) mass is 554 g/mol. The van der Waals surface area contributed by atoms with E-state index in [0.717, 1.165) is 5.56 Å². The number of benzene rings is 2. The molecule has 3 amide bonds. The van der Waals surface area contributed by atoms with Crippen LogP contribution >= 0.6 is 0 Å². The second-order valence-electron chi connectivity index (χ2n) is 9.75. The number of carbonyl (C=O) groups is 5. The number of hydrogen-bond acceptors (Lipinski definition) is 6. The molecule has 0 bridgehead atoms. The van der Waals surface area contributed by atoms with Crippen LogP contribution in [0.2, 0.25) is 0 Å². The van der Waals surface area contributed by atoms with Crippen molar-refractivity contribution in [3.8, 4) is 0 Å². The molecule has 0 radical (unpaired) electrons. The molecule has 0 aromatic heterocycles. The Morgan fingerprint density at radius 2 is 1.27 bits per heavy atom. The minimum absolute atomic E-state index is 0.0401. The Balaban J connectivity index is 2.21. The number of carbonyl (C=O) groups excluding carboxylic acids is 3. The number of nitrogens with one attached hydrogen (secondary N) is 3. The summed E-state index contributed by atoms with van der Waals surface area (Å²) in [7, 11) is 0. The Labute approximate surface area is 233 Å². The van der Waals surface area contributed by atoms with Gasteiger partial charge in [0.2, 0.25) is 17.7 Å². The number of hydrogen-bond donors (Lipinski definition) is 6. The molecule has 5 atom stereocenters. The van der Waals surface area contributed by atoms with Gasteiger partial charge in [-0.3, -0.25) is 19.2 Å². The largest absolute Gasteiger partial charge is 0.481 e. The van der Waals surface area contributed by atoms with E-state index < -0.39 is 60.2 Å². The summed E-state index contributed by atoms with van der Waals surface area (Å²) in [5.41, 5.74) is 7.69. The van der Waals surface area contributed by atoms with Crippen molar-refractivity contribution in [2.45, 2.75) is 70.1 Å². The Bertz CT molecular complexity index is 1140. The van der Waals surface area contributed by atoms with Crippen LogP contribution in [-0.2, 0) is 36.8 Å². The third kappa shape index (κ3) is 10.5. The van der Waals surface area contributed by atoms with Gasteiger partial charge in [-0.05, 0) is 29.9 Å². The topological polar surface area (TPSA) is 188 Å². The van der Waals surface area contributed by atoms with E-state index in [4.69, 9.17) is 10.8 Å². The van der Waals surface area contributed by atoms with E-state index in [-0.39, 0.29) is 25.2 Å². The molecule has 0 unspecified atom stereocenters. The quantitative estimate of drug-likeness (QED) is 0.179. The van der Waals surface area contributed by atoms with Gasteiger partial charge in [0.25, 0.3) is 0 Å². The van der Waals surface area contributed by atoms with Crippen molar-refractivity contribution in [2.24, 2.45) is 11.7 Å². The minimum Gasteiger partial charge on any atom is -0.481 e. The van der Waals surface area contributed by atoms with E-state index in [2.05, 4.69) is 16.0 Å². The molecule has 0 spiro atoms. The molecule has 0 heterocycles. The summed E-state index contributed by atoms with van der Waals surface area (Å²) in [6, 6.07) is 13.5. The van der Waals surface area contributed by atoms with Gasteiger partial charge < -0.3 is 31.9 Å². The number of amides is 3. The lowest BCUT2D eigenvalue weighted by atomic mass is 9.96. The molecule has 0 saturated heterocycles. The van der Waals surface area contributed by atoms with Crippen LogP contribution in [0, 0.1) is 5.92 Å². The fourth-order valence-corrected chi connectivity index (χ4v) is 4.04. The van der Waals surface area contributed by atoms with Crippen LogP contribution in [0.5, 0.6) is 0 Å². The third-order valence-corrected chi connectivity index (χ3v) is 6.61. The zero-order chi connectivity index (χ0) is 29.7. The Hall–Kier alpha value is -4.25. The first-order valence-corrected chi connectivity index (χ1v) is 13.2. The van der Waals surface area contributed by atoms with Crippen LogP contribution < -0.4 is 21.7 Å². The van der Waals surface area contributed by atoms with Crippen LogP contribution in [0.15, 0.2) is 60.7 Å². The van der Waals surface area contributed by atoms with Crippen molar-refractivity contribution in [3.63, 3.8) is 0 Å². The highest BCUT2D eigenvalue weighted by atomic mass is 16.4. The SMILES string of the molecule is CC[C@H](C)[C@H](NC(=O)[C@@H](N)Cc1ccccc1)C(=O)N[C@@H](Cc1ccccc1)C(=O)N[C@@H](CCC(=O)O)C(=O)O. The van der Waals surface area contributed by atoms with Gasteiger partial charge in [-0.15, -0.1) is 0 Å². The van der Waals surface area contributed by atoms with Crippen molar-refractivity contribution in [1.29, 1.82) is 0 Å². The van der Waals surface area contributed by atoms with Crippen LogP contribution in [0.25, 0.3) is 0 Å². The van der Waals surface area contributed by atoms with E-state index >= 15 is 0 Å². The average molecular weight is 555 g/mol. The molecule has 0 aliphatic heterocycles. The van der Waals surface area contributed by atoms with Crippen molar-refractivity contribution in [1.82, 2.24) is 16.0 Å². The van der Waals surface area contributed by atoms with Crippen LogP contribution in [-0.4, -0.2) is 64.0 Å². The lowest BCUT2D eigenvalue weighted by Gasteiger charge is -2.28. The standard InChI is InChI=1S/C29H38N4O7/c1-3-18(2)25(33-26(36)21(30)16-19-10-6-4-7-11-19)28(38)32-23(17-20-12-8-5-9-13-20)27(37)31-22(29(39)40)14-15-24(34)35/h4-13,18,21-23,25H,3,14-17,30H2,1-2H3,(H,31,37)(H,32,38)(H,33,36)(H,34,35)(H,39,40)/t18-,21-,22-,23-,25-/m0/s1. The zero-order valence-electron chi connectivity index (χ0n) is 22.7. The van der Waals surface area contributed by atoms with Gasteiger partial charge in [0.05, 0.1) is 6.04 Å². The summed E-state index contributed by atoms with van der Waals surface area (Å²) >= 11 is 0. The molecule has 0 fully saturated rings. The van der Waals surface area contributed by atoms with Gasteiger partial charge in [0.1, 0.15) is 18.1 Å². The zero-order valence-corrected chi connectivity index (χ0v) is 22.7. The molecular formula is C29H38N4O7. The molecule has 7 N–H and O–H groups in total. The average Bonchev–Trinajstić information content (AvgIpc) is 2.93. The molecule has 2 aromatic rings. The summed E-state index contributed by atoms with van der Waals surface area (Å²) in [6.45, 7) is 3.64. The van der Waals surface area contributed by atoms with E-state index in [1.165, 1.54) is 0 Å². The summed E-state index contributed by atoms with van der Waals surface area (Å²) < 4.78 is 0. The first-order chi connectivity index (χ1) is 19.0. The third-order valence-electron chi connectivity index (χ3n) is 6.61. The fraction of sp³-hybridized carbons (Fsp3) is 0.414. The molecule has 2 rings (SSSR count). The molecule has 2 aromatic carbocycles. The second kappa shape index (κ2) is 16.0. The molecule has 40 heavy (non-hydrogen) atoms. The maximum atomic E-state index is 13.5. The van der Waals surface area contributed by atoms with Gasteiger partial charge in [-0.1, -0.05) is 80.9 Å². The Morgan fingerprint density at radius 3 is 1.77 bits per heavy atom. The second-order valence-corrected chi connectivity index (χ2v) is 9.75. The lowest BCUT2D eigenvalue weighted by molar-refractivity contribution is -0.143. The summed E-state index contributed by atoms with van der Waals surface area (Å²) in [4.78, 5) is 62.2. The molecule has 11 heteroatoms. The number of rotatable bonds is 16. The lowest BCUT2D eigenvalue weighted by Crippen LogP contribution is -2.59. The molecule has 216 valence electrons. The van der Waals surface area contributed by atoms with E-state index in [9.17, 15) is 29.1 Å². The maximum absolute atomic E-state index is 13.5. The number of aliphatic carboxylic acids is 2. The van der Waals surface area contributed by atoms with E-state index in [1.807, 2.05) is 37.3 Å². The molecular weight excluding hydrogens is 516 g/mol. The molecule has 0 aliphatic carbocycles. The smallest absolute Gasteiger partial charge is 0.326 e. The molecule has 0 aliphatic rings. The van der Waals surface area contributed by atoms with E-state index in [0.29, 0.717) is 12.0 Å². The van der Waals surface area contributed by atoms with Crippen molar-refractivity contribution in [2.75, 3.05) is 0 Å². The van der Waals surface area contributed by atoms with Gasteiger partial charge in [-0.25, -0.2) is 4.79 Å². The van der Waals surface area contributed by atoms with Crippen molar-refractivity contribution in [3.05, 3.63) is 71.8 Å². The van der Waals surface area contributed by atoms with Gasteiger partial charge >= 0.3 is 11.9 Å². The fourth-order valence-electron chi connectivity index (χ4n) is 4.04. The normalized spacial score (nSPS) is 14.6. The molecule has 0 saturated carbocycles. The van der Waals surface area contributed by atoms with Crippen molar-refractivity contribution >= 4 is 29.7 Å². The predicted octanol–water partition coefficient (Wildman–Crippen LogP) is 1.25. The molecule has 11 nitrogen and oxygen atoms in total. The highest BCUT2D eigenvalue weighted by molar-refractivity contribution is 5.94. The Kier molecular flexibility index (Phi) is 12.8. The predicted molar refractivity (Wildman–Crippen MR) is 148 cm³/mol. The summed E-state index contributed by atoms with van der Waals surface area (Å²) in [6.07, 6.45) is 0.0650. The van der Waals surface area contributed by atoms with Gasteiger partial charge in [0, 0.05) is 12.8 Å². The highest BCUT2D eigenvalue weighted by Crippen LogP contribution is 2.12. The van der Waals surface area contributed by atoms with Crippen LogP contribution in [0.3, 0.4) is 0 Å². The minimum atomic E-state index is -1.46. The van der Waals surface area contributed by atoms with Crippen LogP contribution in [0.4, 0.5) is 0 Å². The highest BCUT2D eigenvalue weighted by Gasteiger charge is 2.32. The van der Waals surface area contributed by atoms with Crippen molar-refractivity contribution < 1.29 is 34.2 Å². The number of nitrogens with two attached hydrogens (primary N) is 1. The van der Waals surface area contributed by atoms with E-state index in [1.54, 1.807) is 37.3 Å². The number of carboxylic acid groups (broad SMARTS) is 2. The Morgan fingerprint density at radius 1 is 0.750 bits per heavy atom. The summed E-state index contributed by atoms with van der Waals surface area (Å²) in [5.74, 6) is -4.83. The first kappa shape index (κ1) is 32.0. The first-order valence-electron chi connectivity index (χ1n) is 13.2. The summed E-state index contributed by atoms with van der Waals surface area (Å²) in [5, 5.41) is 26.1. The maximum Gasteiger partial charge on any atom is 0.326 e. The number of carboxylic acids is 2. The van der Waals surface area contributed by atoms with Gasteiger partial charge in [0.15, 0.2) is 0 Å². The van der Waals surface area contributed by atoms with Gasteiger partial charge in [-0.2, -0.15) is 0 Å². The van der Waals surface area contributed by atoms with Crippen LogP contribution in [0.1, 0.15) is 44.2 Å².